The molecule has 0 spiro atoms. The molecule has 0 radical (unpaired) electrons. The maximum atomic E-state index is 12.2. The molecular weight excluding hydrogens is 200 g/mol. The van der Waals surface area contributed by atoms with Crippen molar-refractivity contribution in [1.29, 1.82) is 0 Å². The molecule has 0 saturated carbocycles. The fraction of sp³-hybridized carbons (Fsp3) is 0. The fourth-order valence-electron chi connectivity index (χ4n) is 2.03. The van der Waals surface area contributed by atoms with Gasteiger partial charge in [-0.1, -0.05) is 24.3 Å². The van der Waals surface area contributed by atoms with Crippen LogP contribution in [0.2, 0.25) is 0 Å². The number of hydrogen-bond donors (Lipinski definition) is 1. The Hall–Kier alpha value is -2.29. The van der Waals surface area contributed by atoms with Crippen LogP contribution in [0, 0.1) is 0 Å². The smallest absolute Gasteiger partial charge is 0.197 e. The van der Waals surface area contributed by atoms with Crippen molar-refractivity contribution in [3.8, 4) is 0 Å². The Morgan fingerprint density at radius 3 is 1.75 bits per heavy atom. The first-order valence-electron chi connectivity index (χ1n) is 5.06. The van der Waals surface area contributed by atoms with Crippen LogP contribution in [0.4, 0.5) is 0 Å². The van der Waals surface area contributed by atoms with E-state index in [1.54, 1.807) is 16.8 Å². The highest BCUT2D eigenvalue weighted by molar-refractivity contribution is 5.93. The van der Waals surface area contributed by atoms with Crippen LogP contribution in [0.25, 0.3) is 21.8 Å². The minimum Gasteiger partial charge on any atom is -0.339 e. The van der Waals surface area contributed by atoms with Gasteiger partial charge in [0.25, 0.3) is 0 Å². The first-order valence-corrected chi connectivity index (χ1v) is 5.06. The Morgan fingerprint density at radius 1 is 0.812 bits per heavy atom. The Morgan fingerprint density at radius 2 is 1.25 bits per heavy atom. The standard InChI is InChI=1S/C13H10N2O/c14-15-11-7-3-1-5-9(11)13(16)10-6-2-4-8-12(10)15/h1-8H,14H2. The maximum absolute atomic E-state index is 12.2. The van der Waals surface area contributed by atoms with Gasteiger partial charge in [0.2, 0.25) is 0 Å². The lowest BCUT2D eigenvalue weighted by molar-refractivity contribution is 1.10. The lowest BCUT2D eigenvalue weighted by atomic mass is 10.1. The molecule has 2 N–H and O–H groups in total. The van der Waals surface area contributed by atoms with Gasteiger partial charge in [0.15, 0.2) is 5.43 Å². The molecule has 3 heteroatoms. The van der Waals surface area contributed by atoms with Gasteiger partial charge in [-0.15, -0.1) is 0 Å². The van der Waals surface area contributed by atoms with Crippen LogP contribution in [0.5, 0.6) is 0 Å². The van der Waals surface area contributed by atoms with Gasteiger partial charge in [-0.25, -0.2) is 0 Å². The first-order chi connectivity index (χ1) is 7.79. The van der Waals surface area contributed by atoms with Gasteiger partial charge in [-0.05, 0) is 24.3 Å². The van der Waals surface area contributed by atoms with Gasteiger partial charge in [0.05, 0.1) is 11.0 Å². The predicted octanol–water partition coefficient (Wildman–Crippen LogP) is 1.87. The highest BCUT2D eigenvalue weighted by atomic mass is 16.1. The van der Waals surface area contributed by atoms with Crippen molar-refractivity contribution >= 4 is 21.8 Å². The number of nitrogen functional groups attached to an aromatic ring is 1. The average Bonchev–Trinajstić information content (AvgIpc) is 2.36. The molecule has 2 aromatic carbocycles. The third kappa shape index (κ3) is 1.05. The summed E-state index contributed by atoms with van der Waals surface area (Å²) < 4.78 is 1.56. The minimum atomic E-state index is 0.0351. The van der Waals surface area contributed by atoms with E-state index in [-0.39, 0.29) is 5.43 Å². The number of nitrogens with zero attached hydrogens (tertiary/aromatic N) is 1. The summed E-state index contributed by atoms with van der Waals surface area (Å²) in [6, 6.07) is 14.7. The van der Waals surface area contributed by atoms with E-state index in [9.17, 15) is 4.79 Å². The molecule has 0 unspecified atom stereocenters. The molecule has 0 saturated heterocycles. The number of rotatable bonds is 0. The molecule has 0 amide bonds. The molecule has 0 atom stereocenters. The topological polar surface area (TPSA) is 48.0 Å². The van der Waals surface area contributed by atoms with Crippen molar-refractivity contribution in [2.45, 2.75) is 0 Å². The van der Waals surface area contributed by atoms with E-state index < -0.39 is 0 Å². The number of para-hydroxylation sites is 2. The number of hydrogen-bond acceptors (Lipinski definition) is 2. The lowest BCUT2D eigenvalue weighted by Gasteiger charge is -2.09. The van der Waals surface area contributed by atoms with Crippen molar-refractivity contribution in [2.75, 3.05) is 5.84 Å². The van der Waals surface area contributed by atoms with Crippen molar-refractivity contribution in [1.82, 2.24) is 4.68 Å². The van der Waals surface area contributed by atoms with E-state index in [1.807, 2.05) is 36.4 Å². The quantitative estimate of drug-likeness (QED) is 0.455. The Balaban J connectivity index is 2.73. The zero-order valence-electron chi connectivity index (χ0n) is 8.55. The van der Waals surface area contributed by atoms with Crippen LogP contribution < -0.4 is 11.3 Å². The normalized spacial score (nSPS) is 11.0. The second kappa shape index (κ2) is 3.10. The molecule has 78 valence electrons. The monoisotopic (exact) mass is 210 g/mol. The zero-order valence-corrected chi connectivity index (χ0v) is 8.55. The molecule has 0 aliphatic carbocycles. The molecule has 1 heterocycles. The van der Waals surface area contributed by atoms with Gasteiger partial charge in [0, 0.05) is 10.8 Å². The third-order valence-electron chi connectivity index (χ3n) is 2.82. The molecule has 3 nitrogen and oxygen atoms in total. The summed E-state index contributed by atoms with van der Waals surface area (Å²) in [6.07, 6.45) is 0. The zero-order chi connectivity index (χ0) is 11.1. The summed E-state index contributed by atoms with van der Waals surface area (Å²) in [5.41, 5.74) is 1.55. The van der Waals surface area contributed by atoms with E-state index >= 15 is 0 Å². The number of aromatic nitrogens is 1. The number of benzene rings is 2. The van der Waals surface area contributed by atoms with Crippen molar-refractivity contribution in [3.63, 3.8) is 0 Å². The van der Waals surface area contributed by atoms with E-state index in [2.05, 4.69) is 0 Å². The lowest BCUT2D eigenvalue weighted by Crippen LogP contribution is -2.16. The molecule has 3 aromatic rings. The second-order valence-electron chi connectivity index (χ2n) is 3.73. The van der Waals surface area contributed by atoms with E-state index in [4.69, 9.17) is 5.84 Å². The van der Waals surface area contributed by atoms with Crippen LogP contribution in [0.15, 0.2) is 53.3 Å². The van der Waals surface area contributed by atoms with Crippen LogP contribution in [0.3, 0.4) is 0 Å². The van der Waals surface area contributed by atoms with Crippen molar-refractivity contribution < 1.29 is 0 Å². The van der Waals surface area contributed by atoms with Crippen molar-refractivity contribution in [3.05, 3.63) is 58.8 Å². The number of fused-ring (bicyclic) bond motifs is 2. The van der Waals surface area contributed by atoms with Gasteiger partial charge >= 0.3 is 0 Å². The highest BCUT2D eigenvalue weighted by Gasteiger charge is 2.06. The summed E-state index contributed by atoms with van der Waals surface area (Å²) in [5, 5.41) is 1.31. The average molecular weight is 210 g/mol. The fourth-order valence-corrected chi connectivity index (χ4v) is 2.03. The SMILES string of the molecule is Nn1c2ccccc2c(=O)c2ccccc21. The molecule has 1 aromatic heterocycles. The van der Waals surface area contributed by atoms with Crippen LogP contribution in [-0.2, 0) is 0 Å². The van der Waals surface area contributed by atoms with Crippen LogP contribution >= 0.6 is 0 Å². The molecule has 0 aliphatic heterocycles. The summed E-state index contributed by atoms with van der Waals surface area (Å²) in [7, 11) is 0. The first kappa shape index (κ1) is 8.97. The summed E-state index contributed by atoms with van der Waals surface area (Å²) in [5.74, 6) is 6.00. The number of nitrogens with two attached hydrogens (primary N) is 1. The van der Waals surface area contributed by atoms with Gasteiger partial charge in [0.1, 0.15) is 0 Å². The summed E-state index contributed by atoms with van der Waals surface area (Å²) in [4.78, 5) is 12.2. The Bertz CT molecular complexity index is 684. The van der Waals surface area contributed by atoms with Gasteiger partial charge in [-0.3, -0.25) is 9.47 Å². The summed E-state index contributed by atoms with van der Waals surface area (Å²) in [6.45, 7) is 0. The van der Waals surface area contributed by atoms with Gasteiger partial charge < -0.3 is 5.84 Å². The summed E-state index contributed by atoms with van der Waals surface area (Å²) >= 11 is 0. The maximum Gasteiger partial charge on any atom is 0.197 e. The highest BCUT2D eigenvalue weighted by Crippen LogP contribution is 2.15. The molecule has 0 aliphatic rings. The molecule has 3 rings (SSSR count). The second-order valence-corrected chi connectivity index (χ2v) is 3.73. The van der Waals surface area contributed by atoms with Crippen LogP contribution in [-0.4, -0.2) is 4.68 Å². The van der Waals surface area contributed by atoms with Crippen molar-refractivity contribution in [2.24, 2.45) is 0 Å². The molecule has 16 heavy (non-hydrogen) atoms. The van der Waals surface area contributed by atoms with E-state index in [1.165, 1.54) is 0 Å². The van der Waals surface area contributed by atoms with E-state index in [0.717, 1.165) is 11.0 Å². The Kier molecular flexibility index (Phi) is 1.74. The Labute approximate surface area is 91.7 Å². The minimum absolute atomic E-state index is 0.0351. The predicted molar refractivity (Wildman–Crippen MR) is 65.9 cm³/mol. The van der Waals surface area contributed by atoms with Crippen LogP contribution in [0.1, 0.15) is 0 Å². The number of pyridine rings is 1. The third-order valence-corrected chi connectivity index (χ3v) is 2.82. The largest absolute Gasteiger partial charge is 0.339 e. The van der Waals surface area contributed by atoms with Gasteiger partial charge in [-0.2, -0.15) is 0 Å². The van der Waals surface area contributed by atoms with E-state index in [0.29, 0.717) is 10.8 Å². The molecule has 0 fully saturated rings. The molecular formula is C13H10N2O. The molecule has 0 bridgehead atoms.